The fourth-order valence-electron chi connectivity index (χ4n) is 1.70. The third-order valence-corrected chi connectivity index (χ3v) is 6.47. The highest BCUT2D eigenvalue weighted by Gasteiger charge is 2.20. The maximum absolute atomic E-state index is 12.2. The van der Waals surface area contributed by atoms with Crippen molar-refractivity contribution >= 4 is 39.4 Å². The number of carbonyl (C=O) groups excluding carboxylic acids is 1. The van der Waals surface area contributed by atoms with Gasteiger partial charge in [-0.3, -0.25) is 9.00 Å². The molecule has 0 aliphatic rings. The number of hydrogen-bond acceptors (Lipinski definition) is 5. The van der Waals surface area contributed by atoms with Crippen LogP contribution in [0.2, 0.25) is 0 Å². The molecule has 1 amide bonds. The summed E-state index contributed by atoms with van der Waals surface area (Å²) in [6.45, 7) is 4.24. The summed E-state index contributed by atoms with van der Waals surface area (Å²) in [5, 5.41) is 7.23. The number of thiazole rings is 1. The Bertz CT molecular complexity index is 608. The molecule has 2 aromatic heterocycles. The van der Waals surface area contributed by atoms with E-state index in [1.807, 2.05) is 29.8 Å². The maximum atomic E-state index is 12.2. The van der Waals surface area contributed by atoms with E-state index in [1.54, 1.807) is 29.6 Å². The molecule has 4 nitrogen and oxygen atoms in total. The lowest BCUT2D eigenvalue weighted by Crippen LogP contribution is -2.35. The molecule has 0 aromatic carbocycles. The molecule has 114 valence electrons. The highest BCUT2D eigenvalue weighted by atomic mass is 32.2. The van der Waals surface area contributed by atoms with Gasteiger partial charge < -0.3 is 5.32 Å². The third kappa shape index (κ3) is 4.72. The normalized spacial score (nSPS) is 13.8. The first-order valence-corrected chi connectivity index (χ1v) is 9.84. The molecular formula is C14H18N2O2S3. The Morgan fingerprint density at radius 3 is 2.90 bits per heavy atom. The summed E-state index contributed by atoms with van der Waals surface area (Å²) in [4.78, 5) is 17.5. The first-order chi connectivity index (χ1) is 10.1. The first-order valence-electron chi connectivity index (χ1n) is 6.70. The predicted octanol–water partition coefficient (Wildman–Crippen LogP) is 2.72. The molecule has 0 unspecified atom stereocenters. The summed E-state index contributed by atoms with van der Waals surface area (Å²) in [7, 11) is -1.25. The van der Waals surface area contributed by atoms with E-state index in [0.717, 1.165) is 22.0 Å². The number of aryl methyl sites for hydroxylation is 1. The largest absolute Gasteiger partial charge is 0.350 e. The molecule has 0 saturated heterocycles. The van der Waals surface area contributed by atoms with Gasteiger partial charge in [-0.15, -0.1) is 22.7 Å². The number of thiophene rings is 1. The Morgan fingerprint density at radius 2 is 2.29 bits per heavy atom. The van der Waals surface area contributed by atoms with Crippen molar-refractivity contribution in [3.63, 3.8) is 0 Å². The van der Waals surface area contributed by atoms with Gasteiger partial charge in [0.25, 0.3) is 0 Å². The van der Waals surface area contributed by atoms with E-state index < -0.39 is 16.0 Å². The van der Waals surface area contributed by atoms with E-state index in [1.165, 1.54) is 0 Å². The van der Waals surface area contributed by atoms with Gasteiger partial charge in [0.1, 0.15) is 5.25 Å². The van der Waals surface area contributed by atoms with Gasteiger partial charge in [0.2, 0.25) is 5.91 Å². The monoisotopic (exact) mass is 342 g/mol. The number of hydrogen-bond donors (Lipinski definition) is 1. The molecule has 1 N–H and O–H groups in total. The van der Waals surface area contributed by atoms with Crippen LogP contribution in [0.1, 0.15) is 29.4 Å². The Hall–Kier alpha value is -1.05. The highest BCUT2D eigenvalue weighted by Crippen LogP contribution is 2.14. The molecule has 2 rings (SSSR count). The van der Waals surface area contributed by atoms with E-state index in [4.69, 9.17) is 0 Å². The summed E-state index contributed by atoms with van der Waals surface area (Å²) < 4.78 is 12.2. The zero-order chi connectivity index (χ0) is 15.2. The molecule has 0 fully saturated rings. The van der Waals surface area contributed by atoms with E-state index in [2.05, 4.69) is 10.3 Å². The van der Waals surface area contributed by atoms with Gasteiger partial charge in [0.15, 0.2) is 0 Å². The fourth-order valence-corrected chi connectivity index (χ4v) is 4.21. The number of aromatic nitrogens is 1. The van der Waals surface area contributed by atoms with Crippen molar-refractivity contribution in [1.82, 2.24) is 10.3 Å². The smallest absolute Gasteiger partial charge is 0.235 e. The summed E-state index contributed by atoms with van der Waals surface area (Å²) >= 11 is 3.17. The molecular weight excluding hydrogens is 324 g/mol. The van der Waals surface area contributed by atoms with Crippen LogP contribution >= 0.6 is 22.7 Å². The summed E-state index contributed by atoms with van der Waals surface area (Å²) in [6, 6.07) is 3.91. The van der Waals surface area contributed by atoms with Crippen LogP contribution in [-0.2, 0) is 34.3 Å². The maximum Gasteiger partial charge on any atom is 0.235 e. The molecule has 2 aromatic rings. The standard InChI is InChI=1S/C14H18N2O2S3/c1-3-13-16-11(8-20-13)9-21(18)10(2)14(17)15-7-12-5-4-6-19-12/h4-6,8,10H,3,7,9H2,1-2H3,(H,15,17)/t10-,21+/m1/s1. The van der Waals surface area contributed by atoms with Crippen molar-refractivity contribution in [3.05, 3.63) is 38.5 Å². The van der Waals surface area contributed by atoms with Crippen molar-refractivity contribution in [2.75, 3.05) is 0 Å². The van der Waals surface area contributed by atoms with Crippen LogP contribution in [0.3, 0.4) is 0 Å². The van der Waals surface area contributed by atoms with Crippen molar-refractivity contribution in [2.45, 2.75) is 37.8 Å². The second-order valence-electron chi connectivity index (χ2n) is 4.55. The SMILES string of the molecule is CCc1nc(C[S@](=O)[C@H](C)C(=O)NCc2cccs2)cs1. The first kappa shape index (κ1) is 16.3. The van der Waals surface area contributed by atoms with Crippen LogP contribution in [0.4, 0.5) is 0 Å². The third-order valence-electron chi connectivity index (χ3n) is 2.97. The minimum Gasteiger partial charge on any atom is -0.350 e. The lowest BCUT2D eigenvalue weighted by molar-refractivity contribution is -0.120. The zero-order valence-corrected chi connectivity index (χ0v) is 14.4. The molecule has 0 saturated carbocycles. The van der Waals surface area contributed by atoms with E-state index in [-0.39, 0.29) is 5.91 Å². The minimum atomic E-state index is -1.25. The molecule has 0 spiro atoms. The highest BCUT2D eigenvalue weighted by molar-refractivity contribution is 7.85. The van der Waals surface area contributed by atoms with Gasteiger partial charge in [-0.05, 0) is 24.8 Å². The predicted molar refractivity (Wildman–Crippen MR) is 89.0 cm³/mol. The van der Waals surface area contributed by atoms with Gasteiger partial charge in [-0.25, -0.2) is 4.98 Å². The zero-order valence-electron chi connectivity index (χ0n) is 12.0. The minimum absolute atomic E-state index is 0.173. The number of amides is 1. The van der Waals surface area contributed by atoms with Crippen LogP contribution in [0, 0.1) is 0 Å². The molecule has 2 atom stereocenters. The summed E-state index contributed by atoms with van der Waals surface area (Å²) in [5.74, 6) is 0.164. The van der Waals surface area contributed by atoms with Crippen molar-refractivity contribution in [3.8, 4) is 0 Å². The molecule has 0 aliphatic carbocycles. The molecule has 2 heterocycles. The Balaban J connectivity index is 1.84. The van der Waals surface area contributed by atoms with Crippen molar-refractivity contribution in [1.29, 1.82) is 0 Å². The average molecular weight is 343 g/mol. The van der Waals surface area contributed by atoms with Crippen LogP contribution in [0.5, 0.6) is 0 Å². The van der Waals surface area contributed by atoms with E-state index in [0.29, 0.717) is 12.3 Å². The van der Waals surface area contributed by atoms with Gasteiger partial charge in [-0.1, -0.05) is 13.0 Å². The molecule has 0 bridgehead atoms. The second-order valence-corrected chi connectivity index (χ2v) is 8.28. The molecule has 7 heteroatoms. The Morgan fingerprint density at radius 1 is 1.48 bits per heavy atom. The topological polar surface area (TPSA) is 59.1 Å². The van der Waals surface area contributed by atoms with Crippen molar-refractivity contribution < 1.29 is 9.00 Å². The number of rotatable bonds is 7. The molecule has 0 radical (unpaired) electrons. The lowest BCUT2D eigenvalue weighted by atomic mass is 10.4. The second kappa shape index (κ2) is 7.82. The average Bonchev–Trinajstić information content (AvgIpc) is 3.14. The van der Waals surface area contributed by atoms with Gasteiger partial charge in [0.05, 0.1) is 23.0 Å². The van der Waals surface area contributed by atoms with Crippen molar-refractivity contribution in [2.24, 2.45) is 0 Å². The Labute approximate surface area is 135 Å². The molecule has 21 heavy (non-hydrogen) atoms. The van der Waals surface area contributed by atoms with Crippen LogP contribution in [-0.4, -0.2) is 20.3 Å². The van der Waals surface area contributed by atoms with E-state index in [9.17, 15) is 9.00 Å². The Kier molecular flexibility index (Phi) is 6.08. The fraction of sp³-hybridized carbons (Fsp3) is 0.429. The summed E-state index contributed by atoms with van der Waals surface area (Å²) in [5.41, 5.74) is 0.813. The molecule has 0 aliphatic heterocycles. The number of nitrogens with one attached hydrogen (secondary N) is 1. The van der Waals surface area contributed by atoms with Gasteiger partial charge in [0, 0.05) is 21.1 Å². The lowest BCUT2D eigenvalue weighted by Gasteiger charge is -2.10. The van der Waals surface area contributed by atoms with Gasteiger partial charge in [-0.2, -0.15) is 0 Å². The summed E-state index contributed by atoms with van der Waals surface area (Å²) in [6.07, 6.45) is 0.883. The number of carbonyl (C=O) groups is 1. The quantitative estimate of drug-likeness (QED) is 0.842. The van der Waals surface area contributed by atoms with Crippen LogP contribution < -0.4 is 5.32 Å². The van der Waals surface area contributed by atoms with Gasteiger partial charge >= 0.3 is 0 Å². The van der Waals surface area contributed by atoms with Crippen LogP contribution in [0.25, 0.3) is 0 Å². The number of nitrogens with zero attached hydrogens (tertiary/aromatic N) is 1. The van der Waals surface area contributed by atoms with E-state index >= 15 is 0 Å². The van der Waals surface area contributed by atoms with Crippen LogP contribution in [0.15, 0.2) is 22.9 Å².